The van der Waals surface area contributed by atoms with E-state index in [-0.39, 0.29) is 0 Å². The molecule has 6 heteroatoms. The van der Waals surface area contributed by atoms with E-state index in [1.807, 2.05) is 12.3 Å². The van der Waals surface area contributed by atoms with Crippen LogP contribution in [0, 0.1) is 0 Å². The molecule has 2 aromatic heterocycles. The van der Waals surface area contributed by atoms with Crippen LogP contribution in [0.3, 0.4) is 0 Å². The molecule has 0 amide bonds. The second kappa shape index (κ2) is 4.50. The zero-order valence-electron chi connectivity index (χ0n) is 9.45. The highest BCUT2D eigenvalue weighted by Gasteiger charge is 2.12. The molecule has 6 nitrogen and oxygen atoms in total. The van der Waals surface area contributed by atoms with E-state index in [1.54, 1.807) is 23.3 Å². The smallest absolute Gasteiger partial charge is 0.173 e. The Hall–Kier alpha value is -1.95. The molecule has 0 atom stereocenters. The summed E-state index contributed by atoms with van der Waals surface area (Å²) in [5, 5.41) is 7.48. The molecule has 1 N–H and O–H groups in total. The van der Waals surface area contributed by atoms with Gasteiger partial charge >= 0.3 is 0 Å². The van der Waals surface area contributed by atoms with Crippen LogP contribution in [0.5, 0.6) is 0 Å². The van der Waals surface area contributed by atoms with E-state index in [2.05, 4.69) is 25.3 Å². The molecule has 0 radical (unpaired) electrons. The van der Waals surface area contributed by atoms with E-state index in [0.717, 1.165) is 37.8 Å². The lowest BCUT2D eigenvalue weighted by molar-refractivity contribution is 0.583. The van der Waals surface area contributed by atoms with E-state index >= 15 is 0 Å². The van der Waals surface area contributed by atoms with Crippen molar-refractivity contribution in [2.24, 2.45) is 0 Å². The predicted octanol–water partition coefficient (Wildman–Crippen LogP) is 0.0719. The summed E-state index contributed by atoms with van der Waals surface area (Å²) >= 11 is 0. The van der Waals surface area contributed by atoms with Gasteiger partial charge in [0, 0.05) is 38.6 Å². The molecule has 0 aromatic carbocycles. The predicted molar refractivity (Wildman–Crippen MR) is 64.2 cm³/mol. The average Bonchev–Trinajstić information content (AvgIpc) is 2.94. The number of rotatable bonds is 2. The van der Waals surface area contributed by atoms with Crippen LogP contribution in [0.1, 0.15) is 0 Å². The molecule has 0 aliphatic carbocycles. The summed E-state index contributed by atoms with van der Waals surface area (Å²) in [6, 6.07) is 1.87. The molecule has 1 saturated heterocycles. The maximum atomic E-state index is 4.58. The van der Waals surface area contributed by atoms with Crippen molar-refractivity contribution < 1.29 is 0 Å². The lowest BCUT2D eigenvalue weighted by Crippen LogP contribution is -2.44. The lowest BCUT2D eigenvalue weighted by atomic mass is 10.3. The van der Waals surface area contributed by atoms with E-state index in [0.29, 0.717) is 0 Å². The van der Waals surface area contributed by atoms with Crippen LogP contribution in [-0.2, 0) is 0 Å². The van der Waals surface area contributed by atoms with Gasteiger partial charge in [0.15, 0.2) is 5.82 Å². The largest absolute Gasteiger partial charge is 0.353 e. The van der Waals surface area contributed by atoms with Gasteiger partial charge in [-0.2, -0.15) is 5.10 Å². The van der Waals surface area contributed by atoms with E-state index in [1.165, 1.54) is 0 Å². The molecule has 0 spiro atoms. The molecular weight excluding hydrogens is 216 g/mol. The van der Waals surface area contributed by atoms with Crippen LogP contribution in [0.25, 0.3) is 5.82 Å². The first-order chi connectivity index (χ1) is 8.43. The molecular formula is C11H14N6. The third-order valence-electron chi connectivity index (χ3n) is 2.79. The summed E-state index contributed by atoms with van der Waals surface area (Å²) in [5.74, 6) is 1.67. The molecule has 0 saturated carbocycles. The van der Waals surface area contributed by atoms with Gasteiger partial charge < -0.3 is 10.2 Å². The number of aromatic nitrogens is 4. The van der Waals surface area contributed by atoms with E-state index in [9.17, 15) is 0 Å². The van der Waals surface area contributed by atoms with Crippen molar-refractivity contribution in [2.45, 2.75) is 0 Å². The Kier molecular flexibility index (Phi) is 2.71. The Morgan fingerprint density at radius 1 is 1.12 bits per heavy atom. The fourth-order valence-electron chi connectivity index (χ4n) is 1.91. The fourth-order valence-corrected chi connectivity index (χ4v) is 1.91. The first-order valence-corrected chi connectivity index (χ1v) is 5.71. The quantitative estimate of drug-likeness (QED) is 0.791. The molecule has 1 fully saturated rings. The topological polar surface area (TPSA) is 58.9 Å². The molecule has 17 heavy (non-hydrogen) atoms. The Balaban J connectivity index is 1.88. The van der Waals surface area contributed by atoms with Crippen molar-refractivity contribution in [3.05, 3.63) is 30.9 Å². The third-order valence-corrected chi connectivity index (χ3v) is 2.79. The summed E-state index contributed by atoms with van der Waals surface area (Å²) in [4.78, 5) is 11.0. The normalized spacial score (nSPS) is 16.1. The fraction of sp³-hybridized carbons (Fsp3) is 0.364. The minimum absolute atomic E-state index is 0.756. The Labute approximate surface area is 99.3 Å². The zero-order valence-corrected chi connectivity index (χ0v) is 9.45. The number of hydrogen-bond donors (Lipinski definition) is 1. The monoisotopic (exact) mass is 230 g/mol. The second-order valence-corrected chi connectivity index (χ2v) is 3.92. The van der Waals surface area contributed by atoms with Crippen molar-refractivity contribution in [3.8, 4) is 5.82 Å². The standard InChI is InChI=1S/C11H14N6/c1-2-14-17(5-1)11-9-13-8-10(15-11)16-6-3-12-4-7-16/h1-2,5,8-9,12H,3-4,6-7H2. The van der Waals surface area contributed by atoms with Gasteiger partial charge in [0.05, 0.1) is 12.4 Å². The summed E-state index contributed by atoms with van der Waals surface area (Å²) in [5.41, 5.74) is 0. The second-order valence-electron chi connectivity index (χ2n) is 3.92. The van der Waals surface area contributed by atoms with Gasteiger partial charge in [-0.1, -0.05) is 0 Å². The van der Waals surface area contributed by atoms with Gasteiger partial charge in [0.1, 0.15) is 5.82 Å². The highest BCUT2D eigenvalue weighted by molar-refractivity contribution is 5.39. The average molecular weight is 230 g/mol. The molecule has 3 heterocycles. The van der Waals surface area contributed by atoms with Gasteiger partial charge in [0.25, 0.3) is 0 Å². The molecule has 1 aliphatic rings. The van der Waals surface area contributed by atoms with Crippen molar-refractivity contribution in [1.29, 1.82) is 0 Å². The number of anilines is 1. The van der Waals surface area contributed by atoms with Crippen LogP contribution in [0.2, 0.25) is 0 Å². The van der Waals surface area contributed by atoms with Gasteiger partial charge in [-0.05, 0) is 6.07 Å². The van der Waals surface area contributed by atoms with Crippen LogP contribution in [0.4, 0.5) is 5.82 Å². The van der Waals surface area contributed by atoms with Gasteiger partial charge in [-0.25, -0.2) is 9.67 Å². The highest BCUT2D eigenvalue weighted by Crippen LogP contribution is 2.12. The number of hydrogen-bond acceptors (Lipinski definition) is 5. The van der Waals surface area contributed by atoms with Crippen molar-refractivity contribution in [1.82, 2.24) is 25.1 Å². The van der Waals surface area contributed by atoms with Crippen molar-refractivity contribution in [2.75, 3.05) is 31.1 Å². The van der Waals surface area contributed by atoms with E-state index < -0.39 is 0 Å². The number of nitrogens with zero attached hydrogens (tertiary/aromatic N) is 5. The first-order valence-electron chi connectivity index (χ1n) is 5.71. The molecule has 3 rings (SSSR count). The first kappa shape index (κ1) is 10.2. The van der Waals surface area contributed by atoms with E-state index in [4.69, 9.17) is 0 Å². The van der Waals surface area contributed by atoms with Crippen LogP contribution < -0.4 is 10.2 Å². The summed E-state index contributed by atoms with van der Waals surface area (Å²) in [6.07, 6.45) is 7.13. The molecule has 1 aliphatic heterocycles. The Morgan fingerprint density at radius 3 is 2.71 bits per heavy atom. The maximum Gasteiger partial charge on any atom is 0.173 e. The summed E-state index contributed by atoms with van der Waals surface area (Å²) < 4.78 is 1.72. The summed E-state index contributed by atoms with van der Waals surface area (Å²) in [7, 11) is 0. The van der Waals surface area contributed by atoms with Gasteiger partial charge in [-0.3, -0.25) is 4.98 Å². The maximum absolute atomic E-state index is 4.58. The molecule has 2 aromatic rings. The Bertz CT molecular complexity index is 474. The minimum Gasteiger partial charge on any atom is -0.353 e. The van der Waals surface area contributed by atoms with Crippen LogP contribution >= 0.6 is 0 Å². The molecule has 88 valence electrons. The molecule has 0 bridgehead atoms. The van der Waals surface area contributed by atoms with Crippen LogP contribution in [-0.4, -0.2) is 45.9 Å². The SMILES string of the molecule is c1cnn(-c2cncc(N3CCNCC3)n2)c1. The van der Waals surface area contributed by atoms with Gasteiger partial charge in [0.2, 0.25) is 0 Å². The minimum atomic E-state index is 0.756. The highest BCUT2D eigenvalue weighted by atomic mass is 15.3. The number of nitrogens with one attached hydrogen (secondary N) is 1. The molecule has 0 unspecified atom stereocenters. The third kappa shape index (κ3) is 2.12. The summed E-state index contributed by atoms with van der Waals surface area (Å²) in [6.45, 7) is 3.93. The zero-order chi connectivity index (χ0) is 11.5. The van der Waals surface area contributed by atoms with Crippen molar-refractivity contribution in [3.63, 3.8) is 0 Å². The van der Waals surface area contributed by atoms with Gasteiger partial charge in [-0.15, -0.1) is 0 Å². The Morgan fingerprint density at radius 2 is 1.94 bits per heavy atom. The lowest BCUT2D eigenvalue weighted by Gasteiger charge is -2.28. The van der Waals surface area contributed by atoms with Crippen molar-refractivity contribution >= 4 is 5.82 Å². The van der Waals surface area contributed by atoms with Crippen LogP contribution in [0.15, 0.2) is 30.9 Å². The number of piperazine rings is 1.